The number of benzene rings is 1. The van der Waals surface area contributed by atoms with Gasteiger partial charge in [-0.05, 0) is 48.4 Å². The number of halogens is 5. The molecule has 0 amide bonds. The van der Waals surface area contributed by atoms with Crippen LogP contribution in [0, 0.1) is 0 Å². The fraction of sp³-hybridized carbons (Fsp3) is 0.375. The lowest BCUT2D eigenvalue weighted by molar-refractivity contribution is -0.183. The molecular weight excluding hydrogens is 500 g/mol. The van der Waals surface area contributed by atoms with Crippen molar-refractivity contribution in [3.05, 3.63) is 59.8 Å². The predicted molar refractivity (Wildman–Crippen MR) is 133 cm³/mol. The summed E-state index contributed by atoms with van der Waals surface area (Å²) < 4.78 is 43.9. The van der Waals surface area contributed by atoms with Gasteiger partial charge < -0.3 is 5.73 Å². The number of para-hydroxylation sites is 1. The number of aromatic nitrogens is 4. The van der Waals surface area contributed by atoms with Crippen LogP contribution < -0.4 is 5.73 Å². The average molecular weight is 525 g/mol. The lowest BCUT2D eigenvalue weighted by atomic mass is 10.1. The first-order valence-corrected chi connectivity index (χ1v) is 11.2. The monoisotopic (exact) mass is 524 g/mol. The highest BCUT2D eigenvalue weighted by Gasteiger charge is 2.46. The Morgan fingerprint density at radius 3 is 2.46 bits per heavy atom. The lowest BCUT2D eigenvalue weighted by Crippen LogP contribution is -2.38. The number of pyridine rings is 2. The van der Waals surface area contributed by atoms with Crippen molar-refractivity contribution in [1.82, 2.24) is 24.5 Å². The van der Waals surface area contributed by atoms with Gasteiger partial charge in [-0.1, -0.05) is 30.3 Å². The van der Waals surface area contributed by atoms with Gasteiger partial charge >= 0.3 is 6.18 Å². The van der Waals surface area contributed by atoms with Crippen molar-refractivity contribution in [3.8, 4) is 11.5 Å². The molecule has 11 heteroatoms. The van der Waals surface area contributed by atoms with Crippen LogP contribution in [0.25, 0.3) is 28.1 Å². The summed E-state index contributed by atoms with van der Waals surface area (Å²) in [5, 5.41) is 9.49. The van der Waals surface area contributed by atoms with Gasteiger partial charge in [0.1, 0.15) is 11.7 Å². The van der Waals surface area contributed by atoms with E-state index in [2.05, 4.69) is 16.3 Å². The second-order valence-corrected chi connectivity index (χ2v) is 9.09. The summed E-state index contributed by atoms with van der Waals surface area (Å²) in [5.41, 5.74) is 9.24. The molecule has 1 saturated heterocycles. The number of nitrogens with two attached hydrogens (primary N) is 1. The quantitative estimate of drug-likeness (QED) is 0.392. The summed E-state index contributed by atoms with van der Waals surface area (Å²) in [6.07, 6.45) is -0.0723. The molecule has 1 aliphatic heterocycles. The Labute approximate surface area is 212 Å². The first-order valence-electron chi connectivity index (χ1n) is 11.2. The van der Waals surface area contributed by atoms with Crippen LogP contribution in [-0.4, -0.2) is 49.8 Å². The first kappa shape index (κ1) is 25.6. The molecule has 0 spiro atoms. The smallest absolute Gasteiger partial charge is 0.326 e. The SMILES string of the molecule is Cl.Cl.NC1CCN([C@H](c2ccc3nnc(-c4ccc5cccc(C6CC6)c5n4)n3c2)C(F)(F)F)C1. The summed E-state index contributed by atoms with van der Waals surface area (Å²) in [6, 6.07) is 11.1. The highest BCUT2D eigenvalue weighted by molar-refractivity contribution is 5.86. The number of rotatable bonds is 4. The Hall–Kier alpha value is -2.46. The van der Waals surface area contributed by atoms with Crippen LogP contribution in [0.15, 0.2) is 48.7 Å². The van der Waals surface area contributed by atoms with Gasteiger partial charge in [0.2, 0.25) is 0 Å². The van der Waals surface area contributed by atoms with Crippen LogP contribution in [0.4, 0.5) is 13.2 Å². The number of nitrogens with zero attached hydrogens (tertiary/aromatic N) is 5. The van der Waals surface area contributed by atoms with E-state index in [1.807, 2.05) is 24.3 Å². The molecule has 2 aliphatic rings. The maximum Gasteiger partial charge on any atom is 0.408 e. The minimum absolute atomic E-state index is 0. The summed E-state index contributed by atoms with van der Waals surface area (Å²) in [6.45, 7) is 0.530. The molecule has 6 nitrogen and oxygen atoms in total. The molecule has 0 radical (unpaired) electrons. The van der Waals surface area contributed by atoms with Crippen molar-refractivity contribution in [2.24, 2.45) is 5.73 Å². The van der Waals surface area contributed by atoms with E-state index in [4.69, 9.17) is 10.7 Å². The lowest BCUT2D eigenvalue weighted by Gasteiger charge is -2.30. The summed E-state index contributed by atoms with van der Waals surface area (Å²) in [4.78, 5) is 6.28. The Kier molecular flexibility index (Phi) is 6.98. The molecule has 2 atom stereocenters. The Morgan fingerprint density at radius 2 is 1.77 bits per heavy atom. The van der Waals surface area contributed by atoms with E-state index in [1.165, 1.54) is 22.7 Å². The Balaban J connectivity index is 0.00000144. The van der Waals surface area contributed by atoms with Gasteiger partial charge in [0.15, 0.2) is 11.5 Å². The number of likely N-dealkylation sites (tertiary alicyclic amines) is 1. The zero-order chi connectivity index (χ0) is 22.7. The van der Waals surface area contributed by atoms with Gasteiger partial charge in [0, 0.05) is 30.7 Å². The summed E-state index contributed by atoms with van der Waals surface area (Å²) >= 11 is 0. The molecule has 2 fully saturated rings. The van der Waals surface area contributed by atoms with Crippen LogP contribution in [0.1, 0.15) is 42.3 Å². The van der Waals surface area contributed by atoms with Crippen molar-refractivity contribution in [2.75, 3.05) is 13.1 Å². The van der Waals surface area contributed by atoms with E-state index in [-0.39, 0.29) is 43.0 Å². The molecule has 1 aromatic carbocycles. The second kappa shape index (κ2) is 9.54. The molecule has 1 aliphatic carbocycles. The van der Waals surface area contributed by atoms with Crippen molar-refractivity contribution in [3.63, 3.8) is 0 Å². The maximum absolute atomic E-state index is 14.1. The van der Waals surface area contributed by atoms with E-state index < -0.39 is 12.2 Å². The van der Waals surface area contributed by atoms with E-state index in [1.54, 1.807) is 10.5 Å². The van der Waals surface area contributed by atoms with Crippen LogP contribution in [0.3, 0.4) is 0 Å². The molecule has 35 heavy (non-hydrogen) atoms. The van der Waals surface area contributed by atoms with Crippen LogP contribution in [0.5, 0.6) is 0 Å². The molecule has 4 aromatic rings. The third-order valence-electron chi connectivity index (χ3n) is 6.67. The molecule has 2 N–H and O–H groups in total. The molecule has 6 rings (SSSR count). The van der Waals surface area contributed by atoms with Crippen molar-refractivity contribution in [1.29, 1.82) is 0 Å². The van der Waals surface area contributed by atoms with Gasteiger partial charge in [-0.2, -0.15) is 13.2 Å². The van der Waals surface area contributed by atoms with E-state index in [0.717, 1.165) is 23.7 Å². The van der Waals surface area contributed by atoms with Crippen molar-refractivity contribution in [2.45, 2.75) is 43.4 Å². The predicted octanol–water partition coefficient (Wildman–Crippen LogP) is 5.30. The first-order chi connectivity index (χ1) is 15.9. The maximum atomic E-state index is 14.1. The fourth-order valence-electron chi connectivity index (χ4n) is 4.92. The standard InChI is InChI=1S/C24H23F3N6.2ClH/c25-24(26,27)22(32-11-10-17(28)13-32)16-7-9-20-30-31-23(33(20)12-16)19-8-6-15-2-1-3-18(14-4-5-14)21(15)29-19;;/h1-3,6-9,12,14,17,22H,4-5,10-11,13,28H2;2*1H/t17?,22-;;/m1../s1. The number of hydrogen-bond acceptors (Lipinski definition) is 5. The molecule has 186 valence electrons. The topological polar surface area (TPSA) is 72.3 Å². The van der Waals surface area contributed by atoms with E-state index in [9.17, 15) is 13.2 Å². The fourth-order valence-corrected chi connectivity index (χ4v) is 4.92. The summed E-state index contributed by atoms with van der Waals surface area (Å²) in [5.74, 6) is 0.955. The summed E-state index contributed by atoms with van der Waals surface area (Å²) in [7, 11) is 0. The Morgan fingerprint density at radius 1 is 0.971 bits per heavy atom. The second-order valence-electron chi connectivity index (χ2n) is 9.09. The highest BCUT2D eigenvalue weighted by Crippen LogP contribution is 2.43. The van der Waals surface area contributed by atoms with Crippen LogP contribution in [-0.2, 0) is 0 Å². The van der Waals surface area contributed by atoms with Gasteiger partial charge in [-0.15, -0.1) is 35.0 Å². The third kappa shape index (κ3) is 4.70. The van der Waals surface area contributed by atoms with Gasteiger partial charge in [0.25, 0.3) is 0 Å². The number of alkyl halides is 3. The van der Waals surface area contributed by atoms with E-state index in [0.29, 0.717) is 36.0 Å². The molecule has 1 saturated carbocycles. The molecular formula is C24H25Cl2F3N6. The van der Waals surface area contributed by atoms with E-state index >= 15 is 0 Å². The number of fused-ring (bicyclic) bond motifs is 2. The molecule has 4 heterocycles. The van der Waals surface area contributed by atoms with Gasteiger partial charge in [0.05, 0.1) is 5.52 Å². The molecule has 3 aromatic heterocycles. The largest absolute Gasteiger partial charge is 0.408 e. The Bertz CT molecular complexity index is 1350. The zero-order valence-corrected chi connectivity index (χ0v) is 20.3. The average Bonchev–Trinajstić information content (AvgIpc) is 3.41. The van der Waals surface area contributed by atoms with Crippen LogP contribution in [0.2, 0.25) is 0 Å². The third-order valence-corrected chi connectivity index (χ3v) is 6.67. The normalized spacial score (nSPS) is 19.5. The zero-order valence-electron chi connectivity index (χ0n) is 18.7. The molecule has 0 bridgehead atoms. The highest BCUT2D eigenvalue weighted by atomic mass is 35.5. The minimum atomic E-state index is -4.42. The van der Waals surface area contributed by atoms with Gasteiger partial charge in [-0.25, -0.2) is 4.98 Å². The minimum Gasteiger partial charge on any atom is -0.326 e. The van der Waals surface area contributed by atoms with Crippen molar-refractivity contribution >= 4 is 41.4 Å². The molecule has 1 unspecified atom stereocenters. The van der Waals surface area contributed by atoms with Crippen molar-refractivity contribution < 1.29 is 13.2 Å². The number of hydrogen-bond donors (Lipinski definition) is 1. The van der Waals surface area contributed by atoms with Crippen LogP contribution >= 0.6 is 24.8 Å². The van der Waals surface area contributed by atoms with Gasteiger partial charge in [-0.3, -0.25) is 9.30 Å².